The minimum atomic E-state index is -0.662. The summed E-state index contributed by atoms with van der Waals surface area (Å²) in [4.78, 5) is 12.5. The average molecular weight is 262 g/mol. The smallest absolute Gasteiger partial charge is 0.303 e. The van der Waals surface area contributed by atoms with Crippen LogP contribution in [0.5, 0.6) is 0 Å². The second kappa shape index (κ2) is 4.96. The van der Waals surface area contributed by atoms with E-state index in [9.17, 15) is 4.79 Å². The zero-order valence-electron chi connectivity index (χ0n) is 10.4. The maximum absolute atomic E-state index is 11.1. The van der Waals surface area contributed by atoms with Crippen LogP contribution < -0.4 is 0 Å². The first kappa shape index (κ1) is 12.1. The van der Waals surface area contributed by atoms with E-state index in [0.717, 1.165) is 6.42 Å². The van der Waals surface area contributed by atoms with Crippen molar-refractivity contribution in [3.05, 3.63) is 29.3 Å². The SMILES string of the molecule is O=C(O)CC(c1cccc2c1SCCC2)C1CC1. The molecule has 3 heteroatoms. The fourth-order valence-electron chi connectivity index (χ4n) is 2.92. The molecule has 0 radical (unpaired) electrons. The van der Waals surface area contributed by atoms with Crippen molar-refractivity contribution in [2.45, 2.75) is 42.9 Å². The molecule has 1 heterocycles. The van der Waals surface area contributed by atoms with Crippen LogP contribution in [0.1, 0.15) is 42.7 Å². The molecule has 1 aromatic rings. The van der Waals surface area contributed by atoms with Crippen LogP contribution in [0.25, 0.3) is 0 Å². The standard InChI is InChI=1S/C15H18O2S/c16-14(17)9-13(10-6-7-10)12-5-1-3-11-4-2-8-18-15(11)12/h1,3,5,10,13H,2,4,6-9H2,(H,16,17). The third-order valence-electron chi connectivity index (χ3n) is 3.95. The second-order valence-electron chi connectivity index (χ2n) is 5.33. The van der Waals surface area contributed by atoms with Gasteiger partial charge in [-0.05, 0) is 54.4 Å². The Morgan fingerprint density at radius 1 is 1.44 bits per heavy atom. The van der Waals surface area contributed by atoms with Crippen LogP contribution in [0, 0.1) is 5.92 Å². The fourth-order valence-corrected chi connectivity index (χ4v) is 4.16. The lowest BCUT2D eigenvalue weighted by Crippen LogP contribution is -2.11. The predicted molar refractivity (Wildman–Crippen MR) is 73.2 cm³/mol. The zero-order valence-corrected chi connectivity index (χ0v) is 11.2. The van der Waals surface area contributed by atoms with Gasteiger partial charge in [0.1, 0.15) is 0 Å². The Bertz CT molecular complexity index is 466. The highest BCUT2D eigenvalue weighted by molar-refractivity contribution is 7.99. The van der Waals surface area contributed by atoms with E-state index in [4.69, 9.17) is 5.11 Å². The van der Waals surface area contributed by atoms with Gasteiger partial charge in [0.05, 0.1) is 6.42 Å². The summed E-state index contributed by atoms with van der Waals surface area (Å²) in [5.41, 5.74) is 2.74. The molecule has 1 atom stereocenters. The van der Waals surface area contributed by atoms with Gasteiger partial charge in [0.25, 0.3) is 0 Å². The van der Waals surface area contributed by atoms with Crippen LogP contribution in [0.4, 0.5) is 0 Å². The quantitative estimate of drug-likeness (QED) is 0.899. The molecule has 0 saturated heterocycles. The average Bonchev–Trinajstić information content (AvgIpc) is 3.19. The molecule has 1 unspecified atom stereocenters. The molecule has 2 aliphatic rings. The summed E-state index contributed by atoms with van der Waals surface area (Å²) in [7, 11) is 0. The third kappa shape index (κ3) is 2.41. The Morgan fingerprint density at radius 3 is 3.00 bits per heavy atom. The molecule has 96 valence electrons. The van der Waals surface area contributed by atoms with Crippen LogP contribution in [-0.2, 0) is 11.2 Å². The summed E-state index contributed by atoms with van der Waals surface area (Å²) in [5, 5.41) is 9.12. The minimum Gasteiger partial charge on any atom is -0.481 e. The molecule has 1 N–H and O–H groups in total. The van der Waals surface area contributed by atoms with E-state index < -0.39 is 5.97 Å². The van der Waals surface area contributed by atoms with Gasteiger partial charge in [-0.25, -0.2) is 0 Å². The maximum Gasteiger partial charge on any atom is 0.303 e. The lowest BCUT2D eigenvalue weighted by atomic mass is 9.89. The first-order chi connectivity index (χ1) is 8.75. The Balaban J connectivity index is 1.95. The number of hydrogen-bond acceptors (Lipinski definition) is 2. The summed E-state index contributed by atoms with van der Waals surface area (Å²) in [5.74, 6) is 1.36. The summed E-state index contributed by atoms with van der Waals surface area (Å²) >= 11 is 1.92. The molecule has 1 saturated carbocycles. The van der Waals surface area contributed by atoms with Gasteiger partial charge >= 0.3 is 5.97 Å². The maximum atomic E-state index is 11.1. The lowest BCUT2D eigenvalue weighted by Gasteiger charge is -2.23. The largest absolute Gasteiger partial charge is 0.481 e. The van der Waals surface area contributed by atoms with Gasteiger partial charge < -0.3 is 5.11 Å². The molecule has 0 spiro atoms. The summed E-state index contributed by atoms with van der Waals surface area (Å²) < 4.78 is 0. The van der Waals surface area contributed by atoms with E-state index in [2.05, 4.69) is 18.2 Å². The van der Waals surface area contributed by atoms with Gasteiger partial charge in [-0.1, -0.05) is 18.2 Å². The molecule has 2 nitrogen and oxygen atoms in total. The van der Waals surface area contributed by atoms with Crippen molar-refractivity contribution in [1.82, 2.24) is 0 Å². The summed E-state index contributed by atoms with van der Waals surface area (Å²) in [6, 6.07) is 6.47. The van der Waals surface area contributed by atoms with E-state index in [-0.39, 0.29) is 5.92 Å². The van der Waals surface area contributed by atoms with Crippen molar-refractivity contribution >= 4 is 17.7 Å². The summed E-state index contributed by atoms with van der Waals surface area (Å²) in [6.45, 7) is 0. The molecule has 0 bridgehead atoms. The number of hydrogen-bond donors (Lipinski definition) is 1. The number of rotatable bonds is 4. The van der Waals surface area contributed by atoms with Crippen molar-refractivity contribution < 1.29 is 9.90 Å². The molecule has 0 aromatic heterocycles. The molecule has 1 aliphatic heterocycles. The molecule has 1 fully saturated rings. The number of thioether (sulfide) groups is 1. The molecule has 18 heavy (non-hydrogen) atoms. The lowest BCUT2D eigenvalue weighted by molar-refractivity contribution is -0.137. The van der Waals surface area contributed by atoms with E-state index in [1.807, 2.05) is 11.8 Å². The van der Waals surface area contributed by atoms with E-state index in [1.54, 1.807) is 0 Å². The Kier molecular flexibility index (Phi) is 3.33. The van der Waals surface area contributed by atoms with Crippen molar-refractivity contribution in [1.29, 1.82) is 0 Å². The van der Waals surface area contributed by atoms with Crippen molar-refractivity contribution in [2.24, 2.45) is 5.92 Å². The highest BCUT2D eigenvalue weighted by Crippen LogP contribution is 2.48. The third-order valence-corrected chi connectivity index (χ3v) is 5.23. The molecule has 0 amide bonds. The normalized spacial score (nSPS) is 20.2. The molecular formula is C15H18O2S. The van der Waals surface area contributed by atoms with Crippen LogP contribution in [0.3, 0.4) is 0 Å². The Morgan fingerprint density at radius 2 is 2.28 bits per heavy atom. The number of fused-ring (bicyclic) bond motifs is 1. The van der Waals surface area contributed by atoms with E-state index >= 15 is 0 Å². The number of aliphatic carboxylic acids is 1. The van der Waals surface area contributed by atoms with Crippen molar-refractivity contribution in [2.75, 3.05) is 5.75 Å². The Labute approximate surface area is 112 Å². The highest BCUT2D eigenvalue weighted by Gasteiger charge is 2.35. The molecule has 1 aromatic carbocycles. The monoisotopic (exact) mass is 262 g/mol. The summed E-state index contributed by atoms with van der Waals surface area (Å²) in [6.07, 6.45) is 5.09. The van der Waals surface area contributed by atoms with Gasteiger partial charge in [0.2, 0.25) is 0 Å². The van der Waals surface area contributed by atoms with Gasteiger partial charge in [0.15, 0.2) is 0 Å². The van der Waals surface area contributed by atoms with Gasteiger partial charge in [-0.2, -0.15) is 0 Å². The van der Waals surface area contributed by atoms with Gasteiger partial charge in [-0.3, -0.25) is 4.79 Å². The first-order valence-corrected chi connectivity index (χ1v) is 7.70. The van der Waals surface area contributed by atoms with E-state index in [0.29, 0.717) is 12.3 Å². The topological polar surface area (TPSA) is 37.3 Å². The van der Waals surface area contributed by atoms with Crippen LogP contribution in [0.2, 0.25) is 0 Å². The number of benzene rings is 1. The van der Waals surface area contributed by atoms with Crippen LogP contribution in [0.15, 0.2) is 23.1 Å². The van der Waals surface area contributed by atoms with Crippen molar-refractivity contribution in [3.63, 3.8) is 0 Å². The number of carboxylic acid groups (broad SMARTS) is 1. The molecule has 3 rings (SSSR count). The molecule has 1 aliphatic carbocycles. The van der Waals surface area contributed by atoms with Crippen molar-refractivity contribution in [3.8, 4) is 0 Å². The number of carboxylic acids is 1. The molecular weight excluding hydrogens is 244 g/mol. The minimum absolute atomic E-state index is 0.239. The number of carbonyl (C=O) groups is 1. The van der Waals surface area contributed by atoms with Crippen LogP contribution in [-0.4, -0.2) is 16.8 Å². The highest BCUT2D eigenvalue weighted by atomic mass is 32.2. The second-order valence-corrected chi connectivity index (χ2v) is 6.43. The Hall–Kier alpha value is -0.960. The number of aryl methyl sites for hydroxylation is 1. The van der Waals surface area contributed by atoms with Gasteiger partial charge in [-0.15, -0.1) is 11.8 Å². The zero-order chi connectivity index (χ0) is 12.5. The van der Waals surface area contributed by atoms with E-state index in [1.165, 1.54) is 41.0 Å². The van der Waals surface area contributed by atoms with Gasteiger partial charge in [0, 0.05) is 4.90 Å². The first-order valence-electron chi connectivity index (χ1n) is 6.72. The fraction of sp³-hybridized carbons (Fsp3) is 0.533. The van der Waals surface area contributed by atoms with Crippen LogP contribution >= 0.6 is 11.8 Å². The predicted octanol–water partition coefficient (Wildman–Crippen LogP) is 3.69.